The van der Waals surface area contributed by atoms with Crippen LogP contribution in [-0.4, -0.2) is 70.3 Å². The second kappa shape index (κ2) is 11.7. The van der Waals surface area contributed by atoms with Crippen molar-refractivity contribution in [3.8, 4) is 0 Å². The number of hydrogen-bond donors (Lipinski definition) is 2. The van der Waals surface area contributed by atoms with Crippen molar-refractivity contribution in [1.82, 2.24) is 9.80 Å². The van der Waals surface area contributed by atoms with Gasteiger partial charge in [-0.15, -0.1) is 0 Å². The van der Waals surface area contributed by atoms with Crippen molar-refractivity contribution in [3.05, 3.63) is 35.9 Å². The van der Waals surface area contributed by atoms with E-state index in [1.165, 1.54) is 0 Å². The smallest absolute Gasteiger partial charge is 0.410 e. The maximum Gasteiger partial charge on any atom is 0.410 e. The summed E-state index contributed by atoms with van der Waals surface area (Å²) < 4.78 is 5.57. The van der Waals surface area contributed by atoms with E-state index in [1.807, 2.05) is 51.1 Å². The van der Waals surface area contributed by atoms with Crippen LogP contribution in [0.2, 0.25) is 0 Å². The Morgan fingerprint density at radius 2 is 1.84 bits per heavy atom. The number of rotatable bonds is 8. The minimum atomic E-state index is -0.992. The highest BCUT2D eigenvalue weighted by Gasteiger charge is 2.40. The molecule has 0 saturated carbocycles. The number of nitrogens with two attached hydrogens (primary N) is 1. The Morgan fingerprint density at radius 1 is 1.19 bits per heavy atom. The summed E-state index contributed by atoms with van der Waals surface area (Å²) in [5.41, 5.74) is 6.74. The largest absolute Gasteiger partial charge is 0.444 e. The third-order valence-corrected chi connectivity index (χ3v) is 5.72. The molecule has 3 atom stereocenters. The predicted octanol–water partition coefficient (Wildman–Crippen LogP) is 3.19. The second-order valence-corrected chi connectivity index (χ2v) is 10.2. The van der Waals surface area contributed by atoms with Crippen LogP contribution in [0, 0.1) is 5.92 Å². The van der Waals surface area contributed by atoms with Gasteiger partial charge in [-0.25, -0.2) is 4.79 Å². The number of hydrogen-bond acceptors (Lipinski definition) is 5. The van der Waals surface area contributed by atoms with Crippen molar-refractivity contribution in [2.24, 2.45) is 11.7 Å². The molecule has 3 N–H and O–H groups in total. The summed E-state index contributed by atoms with van der Waals surface area (Å²) >= 11 is 0. The standard InChI is InChI=1S/C25H41N3O4/c1-18(2)10-9-13-22(29)27-14-15-28(24(31)32-25(3,4)5)21(17-27)23(30)20(26)16-19-11-7-6-8-12-19/h6-8,11-12,18,20-21,23,30H,9-10,13-17,26H2,1-5H3. The van der Waals surface area contributed by atoms with Gasteiger partial charge in [-0.2, -0.15) is 0 Å². The molecule has 1 aliphatic heterocycles. The molecule has 0 radical (unpaired) electrons. The summed E-state index contributed by atoms with van der Waals surface area (Å²) in [6.45, 7) is 10.7. The molecule has 7 heteroatoms. The van der Waals surface area contributed by atoms with Crippen LogP contribution in [0.15, 0.2) is 30.3 Å². The molecule has 180 valence electrons. The fourth-order valence-corrected chi connectivity index (χ4v) is 3.99. The molecule has 1 fully saturated rings. The number of carbonyl (C=O) groups excluding carboxylic acids is 2. The van der Waals surface area contributed by atoms with E-state index in [1.54, 1.807) is 9.80 Å². The Balaban J connectivity index is 2.13. The molecule has 1 aromatic rings. The number of ether oxygens (including phenoxy) is 1. The zero-order valence-corrected chi connectivity index (χ0v) is 20.3. The van der Waals surface area contributed by atoms with Gasteiger partial charge in [0, 0.05) is 32.1 Å². The molecule has 32 heavy (non-hydrogen) atoms. The summed E-state index contributed by atoms with van der Waals surface area (Å²) in [4.78, 5) is 29.0. The lowest BCUT2D eigenvalue weighted by Gasteiger charge is -2.44. The lowest BCUT2D eigenvalue weighted by molar-refractivity contribution is -0.136. The van der Waals surface area contributed by atoms with E-state index in [0.717, 1.165) is 18.4 Å². The Kier molecular flexibility index (Phi) is 9.52. The van der Waals surface area contributed by atoms with Crippen LogP contribution in [-0.2, 0) is 16.0 Å². The molecular formula is C25H41N3O4. The molecule has 2 amide bonds. The summed E-state index contributed by atoms with van der Waals surface area (Å²) in [6.07, 6.45) is 1.31. The fraction of sp³-hybridized carbons (Fsp3) is 0.680. The fourth-order valence-electron chi connectivity index (χ4n) is 3.99. The van der Waals surface area contributed by atoms with Gasteiger partial charge < -0.3 is 20.5 Å². The van der Waals surface area contributed by atoms with Gasteiger partial charge >= 0.3 is 6.09 Å². The highest BCUT2D eigenvalue weighted by atomic mass is 16.6. The van der Waals surface area contributed by atoms with Crippen LogP contribution < -0.4 is 5.73 Å². The van der Waals surface area contributed by atoms with Crippen molar-refractivity contribution >= 4 is 12.0 Å². The van der Waals surface area contributed by atoms with E-state index in [4.69, 9.17) is 10.5 Å². The van der Waals surface area contributed by atoms with Gasteiger partial charge in [0.25, 0.3) is 0 Å². The van der Waals surface area contributed by atoms with Crippen molar-refractivity contribution in [1.29, 1.82) is 0 Å². The van der Waals surface area contributed by atoms with Crippen LogP contribution in [0.5, 0.6) is 0 Å². The average molecular weight is 448 g/mol. The zero-order valence-electron chi connectivity index (χ0n) is 20.3. The van der Waals surface area contributed by atoms with Crippen LogP contribution in [0.4, 0.5) is 4.79 Å². The van der Waals surface area contributed by atoms with Crippen molar-refractivity contribution < 1.29 is 19.4 Å². The number of nitrogens with zero attached hydrogens (tertiary/aromatic N) is 2. The monoisotopic (exact) mass is 447 g/mol. The van der Waals surface area contributed by atoms with Crippen molar-refractivity contribution in [2.45, 2.75) is 84.1 Å². The maximum absolute atomic E-state index is 12.9. The Hall–Kier alpha value is -2.12. The van der Waals surface area contributed by atoms with Gasteiger partial charge in [0.2, 0.25) is 5.91 Å². The second-order valence-electron chi connectivity index (χ2n) is 10.2. The predicted molar refractivity (Wildman–Crippen MR) is 126 cm³/mol. The van der Waals surface area contributed by atoms with Gasteiger partial charge in [-0.1, -0.05) is 50.6 Å². The molecule has 0 aliphatic carbocycles. The lowest BCUT2D eigenvalue weighted by atomic mass is 9.94. The number of amides is 2. The van der Waals surface area contributed by atoms with Crippen LogP contribution in [0.1, 0.15) is 59.4 Å². The van der Waals surface area contributed by atoms with Gasteiger partial charge in [-0.3, -0.25) is 9.69 Å². The first kappa shape index (κ1) is 26.1. The normalized spacial score (nSPS) is 19.1. The van der Waals surface area contributed by atoms with Gasteiger partial charge in [-0.05, 0) is 45.1 Å². The average Bonchev–Trinajstić information content (AvgIpc) is 2.71. The molecule has 1 saturated heterocycles. The third kappa shape index (κ3) is 8.10. The molecule has 7 nitrogen and oxygen atoms in total. The molecule has 0 spiro atoms. The topological polar surface area (TPSA) is 96.1 Å². The van der Waals surface area contributed by atoms with E-state index in [2.05, 4.69) is 13.8 Å². The summed E-state index contributed by atoms with van der Waals surface area (Å²) in [6, 6.07) is 8.52. The van der Waals surface area contributed by atoms with Gasteiger partial charge in [0.15, 0.2) is 0 Å². The number of piperazine rings is 1. The molecule has 3 unspecified atom stereocenters. The number of carbonyl (C=O) groups is 2. The molecule has 0 aromatic heterocycles. The summed E-state index contributed by atoms with van der Waals surface area (Å²) in [7, 11) is 0. The molecular weight excluding hydrogens is 406 g/mol. The number of aliphatic hydroxyl groups is 1. The highest BCUT2D eigenvalue weighted by molar-refractivity contribution is 5.77. The lowest BCUT2D eigenvalue weighted by Crippen LogP contribution is -2.64. The number of benzene rings is 1. The summed E-state index contributed by atoms with van der Waals surface area (Å²) in [5, 5.41) is 11.2. The molecule has 1 aromatic carbocycles. The molecule has 1 aliphatic rings. The molecule has 2 rings (SSSR count). The van der Waals surface area contributed by atoms with Crippen molar-refractivity contribution in [2.75, 3.05) is 19.6 Å². The van der Waals surface area contributed by atoms with E-state index >= 15 is 0 Å². The first-order chi connectivity index (χ1) is 15.0. The Morgan fingerprint density at radius 3 is 2.44 bits per heavy atom. The zero-order chi connectivity index (χ0) is 23.9. The van der Waals surface area contributed by atoms with Crippen LogP contribution in [0.3, 0.4) is 0 Å². The Bertz CT molecular complexity index is 732. The maximum atomic E-state index is 12.9. The van der Waals surface area contributed by atoms with Gasteiger partial charge in [0.05, 0.1) is 12.1 Å². The SMILES string of the molecule is CC(C)CCCC(=O)N1CCN(C(=O)OC(C)(C)C)C(C(O)C(N)Cc2ccccc2)C1. The van der Waals surface area contributed by atoms with Crippen molar-refractivity contribution in [3.63, 3.8) is 0 Å². The number of aliphatic hydroxyl groups excluding tert-OH is 1. The quantitative estimate of drug-likeness (QED) is 0.638. The first-order valence-electron chi connectivity index (χ1n) is 11.7. The summed E-state index contributed by atoms with van der Waals surface area (Å²) in [5.74, 6) is 0.612. The van der Waals surface area contributed by atoms with E-state index in [9.17, 15) is 14.7 Å². The minimum absolute atomic E-state index is 0.0586. The highest BCUT2D eigenvalue weighted by Crippen LogP contribution is 2.21. The van der Waals surface area contributed by atoms with E-state index in [0.29, 0.717) is 31.8 Å². The van der Waals surface area contributed by atoms with E-state index in [-0.39, 0.29) is 12.5 Å². The first-order valence-corrected chi connectivity index (χ1v) is 11.7. The molecule has 0 bridgehead atoms. The third-order valence-electron chi connectivity index (χ3n) is 5.72. The van der Waals surface area contributed by atoms with E-state index < -0.39 is 29.9 Å². The van der Waals surface area contributed by atoms with Crippen LogP contribution >= 0.6 is 0 Å². The minimum Gasteiger partial charge on any atom is -0.444 e. The molecule has 1 heterocycles. The Labute approximate surface area is 192 Å². The van der Waals surface area contributed by atoms with Gasteiger partial charge in [0.1, 0.15) is 5.60 Å². The van der Waals surface area contributed by atoms with Crippen LogP contribution in [0.25, 0.3) is 0 Å².